The number of aromatic carboxylic acids is 1. The van der Waals surface area contributed by atoms with Gasteiger partial charge < -0.3 is 20.3 Å². The fraction of sp³-hybridized carbons (Fsp3) is 0.160. The fourth-order valence-electron chi connectivity index (χ4n) is 2.25. The van der Waals surface area contributed by atoms with Crippen molar-refractivity contribution in [1.29, 1.82) is 0 Å². The highest BCUT2D eigenvalue weighted by atomic mass is 19.1. The monoisotopic (exact) mass is 454 g/mol. The lowest BCUT2D eigenvalue weighted by molar-refractivity contribution is -0.136. The third kappa shape index (κ3) is 12.3. The number of hydrogen-bond acceptors (Lipinski definition) is 4. The van der Waals surface area contributed by atoms with Crippen molar-refractivity contribution in [3.63, 3.8) is 0 Å². The van der Waals surface area contributed by atoms with Crippen LogP contribution in [0.25, 0.3) is 6.08 Å². The number of halogens is 1. The number of nitrogens with one attached hydrogen (secondary N) is 1. The molecule has 0 bridgehead atoms. The molecule has 1 aromatic rings. The van der Waals surface area contributed by atoms with Crippen molar-refractivity contribution in [3.8, 4) is 0 Å². The van der Waals surface area contributed by atoms with E-state index in [2.05, 4.69) is 16.9 Å². The van der Waals surface area contributed by atoms with Crippen LogP contribution in [0.3, 0.4) is 0 Å². The maximum absolute atomic E-state index is 12.2. The first kappa shape index (κ1) is 26.8. The molecule has 1 aromatic carbocycles. The Morgan fingerprint density at radius 1 is 1.24 bits per heavy atom. The molecule has 0 aliphatic rings. The number of amidine groups is 1. The molecule has 1 rings (SSSR count). The Labute approximate surface area is 192 Å². The van der Waals surface area contributed by atoms with Gasteiger partial charge in [-0.15, -0.1) is 0 Å². The Bertz CT molecular complexity index is 973. The Hall–Kier alpha value is -4.20. The lowest BCUT2D eigenvalue weighted by Crippen LogP contribution is -2.32. The van der Waals surface area contributed by atoms with E-state index >= 15 is 0 Å². The van der Waals surface area contributed by atoms with Crippen LogP contribution in [0.4, 0.5) is 4.39 Å². The maximum atomic E-state index is 12.2. The zero-order valence-corrected chi connectivity index (χ0v) is 18.2. The SMILES string of the molecule is C=CC(/C=C/C(C)NC(=NC/C=C/F)O/C=C/CC(=O)O)=C\C=C\c1ccc(C(=O)O)cc1. The molecule has 0 heterocycles. The number of nitrogens with zero attached hydrogens (tertiary/aromatic N) is 1. The lowest BCUT2D eigenvalue weighted by atomic mass is 10.1. The van der Waals surface area contributed by atoms with Gasteiger partial charge in [0.05, 0.1) is 31.1 Å². The zero-order valence-electron chi connectivity index (χ0n) is 18.2. The molecule has 7 nitrogen and oxygen atoms in total. The average Bonchev–Trinajstić information content (AvgIpc) is 2.79. The molecule has 0 fully saturated rings. The zero-order chi connectivity index (χ0) is 24.5. The van der Waals surface area contributed by atoms with E-state index in [0.29, 0.717) is 6.33 Å². The van der Waals surface area contributed by atoms with Crippen LogP contribution in [-0.2, 0) is 9.53 Å². The van der Waals surface area contributed by atoms with Gasteiger partial charge in [0.25, 0.3) is 6.02 Å². The molecule has 3 N–H and O–H groups in total. The Morgan fingerprint density at radius 2 is 1.97 bits per heavy atom. The molecule has 0 aliphatic carbocycles. The molecule has 1 unspecified atom stereocenters. The van der Waals surface area contributed by atoms with Crippen LogP contribution >= 0.6 is 0 Å². The molecule has 0 amide bonds. The van der Waals surface area contributed by atoms with Crippen molar-refractivity contribution >= 4 is 24.0 Å². The summed E-state index contributed by atoms with van der Waals surface area (Å²) < 4.78 is 17.5. The van der Waals surface area contributed by atoms with Gasteiger partial charge in [-0.3, -0.25) is 4.79 Å². The Morgan fingerprint density at radius 3 is 2.58 bits per heavy atom. The van der Waals surface area contributed by atoms with Crippen molar-refractivity contribution in [2.24, 2.45) is 4.99 Å². The van der Waals surface area contributed by atoms with Gasteiger partial charge in [0.2, 0.25) is 0 Å². The van der Waals surface area contributed by atoms with E-state index in [4.69, 9.17) is 14.9 Å². The van der Waals surface area contributed by atoms with Gasteiger partial charge in [0.15, 0.2) is 0 Å². The van der Waals surface area contributed by atoms with Gasteiger partial charge in [0, 0.05) is 6.04 Å². The normalized spacial score (nSPS) is 13.8. The molecule has 0 spiro atoms. The second kappa shape index (κ2) is 15.6. The number of aliphatic carboxylic acids is 1. The minimum atomic E-state index is -0.993. The van der Waals surface area contributed by atoms with Crippen molar-refractivity contribution in [1.82, 2.24) is 5.32 Å². The van der Waals surface area contributed by atoms with Gasteiger partial charge >= 0.3 is 11.9 Å². The summed E-state index contributed by atoms with van der Waals surface area (Å²) in [5.74, 6) is -1.96. The molecular weight excluding hydrogens is 427 g/mol. The topological polar surface area (TPSA) is 108 Å². The number of aliphatic imine (C=N–C) groups is 1. The minimum absolute atomic E-state index is 0.0537. The van der Waals surface area contributed by atoms with E-state index < -0.39 is 11.9 Å². The third-order valence-corrected chi connectivity index (χ3v) is 3.90. The van der Waals surface area contributed by atoms with Crippen LogP contribution in [-0.4, -0.2) is 40.8 Å². The van der Waals surface area contributed by atoms with Gasteiger partial charge in [0.1, 0.15) is 0 Å². The molecule has 0 radical (unpaired) electrons. The largest absolute Gasteiger partial charge is 0.481 e. The first-order chi connectivity index (χ1) is 15.8. The van der Waals surface area contributed by atoms with Crippen molar-refractivity contribution in [2.75, 3.05) is 6.54 Å². The van der Waals surface area contributed by atoms with Crippen LogP contribution < -0.4 is 5.32 Å². The highest BCUT2D eigenvalue weighted by Crippen LogP contribution is 2.08. The van der Waals surface area contributed by atoms with E-state index in [9.17, 15) is 14.0 Å². The smallest absolute Gasteiger partial charge is 0.335 e. The van der Waals surface area contributed by atoms with E-state index in [1.165, 1.54) is 30.5 Å². The third-order valence-electron chi connectivity index (χ3n) is 3.90. The van der Waals surface area contributed by atoms with Crippen LogP contribution in [0.5, 0.6) is 0 Å². The second-order valence-electron chi connectivity index (χ2n) is 6.54. The number of rotatable bonds is 12. The van der Waals surface area contributed by atoms with E-state index in [0.717, 1.165) is 11.1 Å². The fourth-order valence-corrected chi connectivity index (χ4v) is 2.25. The van der Waals surface area contributed by atoms with E-state index in [1.807, 2.05) is 37.3 Å². The highest BCUT2D eigenvalue weighted by molar-refractivity contribution is 5.87. The Balaban J connectivity index is 2.76. The van der Waals surface area contributed by atoms with Gasteiger partial charge in [-0.1, -0.05) is 55.2 Å². The summed E-state index contributed by atoms with van der Waals surface area (Å²) in [7, 11) is 0. The van der Waals surface area contributed by atoms with Gasteiger partial charge in [-0.05, 0) is 42.3 Å². The quantitative estimate of drug-likeness (QED) is 0.180. The van der Waals surface area contributed by atoms with Crippen LogP contribution in [0.15, 0.2) is 96.5 Å². The number of carbonyl (C=O) groups is 2. The van der Waals surface area contributed by atoms with Gasteiger partial charge in [-0.2, -0.15) is 0 Å². The molecule has 0 saturated carbocycles. The molecule has 8 heteroatoms. The molecule has 174 valence electrons. The minimum Gasteiger partial charge on any atom is -0.481 e. The molecule has 0 aromatic heterocycles. The van der Waals surface area contributed by atoms with Crippen LogP contribution in [0, 0.1) is 0 Å². The predicted molar refractivity (Wildman–Crippen MR) is 127 cm³/mol. The summed E-state index contributed by atoms with van der Waals surface area (Å²) in [5.41, 5.74) is 1.90. The summed E-state index contributed by atoms with van der Waals surface area (Å²) >= 11 is 0. The first-order valence-corrected chi connectivity index (χ1v) is 9.97. The number of carboxylic acids is 2. The molecule has 0 saturated heterocycles. The van der Waals surface area contributed by atoms with Crippen molar-refractivity contribution in [2.45, 2.75) is 19.4 Å². The number of hydrogen-bond donors (Lipinski definition) is 3. The molecule has 1 atom stereocenters. The average molecular weight is 454 g/mol. The first-order valence-electron chi connectivity index (χ1n) is 9.97. The van der Waals surface area contributed by atoms with Crippen LogP contribution in [0.1, 0.15) is 29.3 Å². The summed E-state index contributed by atoms with van der Waals surface area (Å²) in [4.78, 5) is 25.5. The molecule has 0 aliphatic heterocycles. The number of allylic oxidation sites excluding steroid dienone is 5. The summed E-state index contributed by atoms with van der Waals surface area (Å²) in [6.45, 7) is 5.69. The lowest BCUT2D eigenvalue weighted by Gasteiger charge is -2.12. The summed E-state index contributed by atoms with van der Waals surface area (Å²) in [6.07, 6.45) is 14.8. The van der Waals surface area contributed by atoms with Crippen molar-refractivity contribution in [3.05, 3.63) is 103 Å². The molecular formula is C25H27FN2O5. The van der Waals surface area contributed by atoms with Crippen molar-refractivity contribution < 1.29 is 28.9 Å². The van der Waals surface area contributed by atoms with Crippen LogP contribution in [0.2, 0.25) is 0 Å². The summed E-state index contributed by atoms with van der Waals surface area (Å²) in [6, 6.07) is 6.40. The standard InChI is InChI=1S/C25H27FN2O5/c1-3-20(7-4-8-21-12-14-22(15-13-21)24(31)32)11-10-19(2)28-25(27-17-6-16-26)33-18-5-9-23(29)30/h3-8,10-16,18-19H,1,9,17H2,2H3,(H,27,28)(H,29,30)(H,31,32)/b8-4+,11-10+,16-6+,18-5+,20-7+. The number of carboxylic acid groups (broad SMARTS) is 2. The van der Waals surface area contributed by atoms with E-state index in [1.54, 1.807) is 18.2 Å². The summed E-state index contributed by atoms with van der Waals surface area (Å²) in [5, 5.41) is 20.6. The Kier molecular flexibility index (Phi) is 12.7. The maximum Gasteiger partial charge on any atom is 0.335 e. The molecule has 33 heavy (non-hydrogen) atoms. The highest BCUT2D eigenvalue weighted by Gasteiger charge is 2.03. The predicted octanol–water partition coefficient (Wildman–Crippen LogP) is 4.89. The number of ether oxygens (including phenoxy) is 1. The second-order valence-corrected chi connectivity index (χ2v) is 6.54. The van der Waals surface area contributed by atoms with E-state index in [-0.39, 0.29) is 30.6 Å². The number of benzene rings is 1. The van der Waals surface area contributed by atoms with Gasteiger partial charge in [-0.25, -0.2) is 14.2 Å².